The molecular weight excluding hydrogens is 349 g/mol. The van der Waals surface area contributed by atoms with Gasteiger partial charge in [-0.3, -0.25) is 9.88 Å². The Morgan fingerprint density at radius 2 is 1.86 bits per heavy atom. The van der Waals surface area contributed by atoms with Gasteiger partial charge in [0.25, 0.3) is 0 Å². The molecule has 1 N–H and O–H groups in total. The molecule has 4 heteroatoms. The van der Waals surface area contributed by atoms with Crippen LogP contribution < -0.4 is 0 Å². The molecule has 0 aliphatic carbocycles. The fraction of sp³-hybridized carbons (Fsp3) is 0.208. The topological polar surface area (TPSA) is 31.9 Å². The Morgan fingerprint density at radius 3 is 2.64 bits per heavy atom. The second-order valence-electron chi connectivity index (χ2n) is 7.63. The summed E-state index contributed by atoms with van der Waals surface area (Å²) < 4.78 is 13.4. The number of pyridine rings is 1. The van der Waals surface area contributed by atoms with E-state index in [9.17, 15) is 4.39 Å². The van der Waals surface area contributed by atoms with Crippen LogP contribution in [0.1, 0.15) is 18.4 Å². The van der Waals surface area contributed by atoms with E-state index in [0.717, 1.165) is 48.3 Å². The normalized spacial score (nSPS) is 19.5. The minimum absolute atomic E-state index is 0.225. The molecule has 0 amide bonds. The lowest BCUT2D eigenvalue weighted by atomic mass is 9.90. The maximum absolute atomic E-state index is 13.4. The number of halogens is 1. The van der Waals surface area contributed by atoms with Crippen LogP contribution in [-0.2, 0) is 0 Å². The fourth-order valence-electron chi connectivity index (χ4n) is 4.45. The number of hydrogen-bond donors (Lipinski definition) is 1. The molecule has 4 heterocycles. The third-order valence-electron chi connectivity index (χ3n) is 5.78. The lowest BCUT2D eigenvalue weighted by molar-refractivity contribution is 0.290. The minimum Gasteiger partial charge on any atom is -0.360 e. The molecule has 1 aromatic carbocycles. The van der Waals surface area contributed by atoms with Gasteiger partial charge in [0.15, 0.2) is 0 Å². The first kappa shape index (κ1) is 17.1. The number of H-pyrrole nitrogens is 1. The van der Waals surface area contributed by atoms with Gasteiger partial charge in [0.1, 0.15) is 5.82 Å². The van der Waals surface area contributed by atoms with Crippen molar-refractivity contribution < 1.29 is 4.39 Å². The summed E-state index contributed by atoms with van der Waals surface area (Å²) in [6.45, 7) is 6.25. The molecule has 0 radical (unpaired) electrons. The van der Waals surface area contributed by atoms with Crippen LogP contribution in [0.3, 0.4) is 0 Å². The summed E-state index contributed by atoms with van der Waals surface area (Å²) in [7, 11) is 0. The maximum Gasteiger partial charge on any atom is 0.123 e. The first-order chi connectivity index (χ1) is 13.7. The number of fused-ring (bicyclic) bond motifs is 1. The summed E-state index contributed by atoms with van der Waals surface area (Å²) in [6.07, 6.45) is 10.2. The predicted octanol–water partition coefficient (Wildman–Crippen LogP) is 5.30. The van der Waals surface area contributed by atoms with E-state index in [1.807, 2.05) is 36.7 Å². The maximum atomic E-state index is 13.4. The number of nitrogens with zero attached hydrogens (tertiary/aromatic N) is 2. The SMILES string of the molecule is C=C1C[C@H]2C=C(c3c[nH]c(-c4ccc(F)cc4)c3-c3ccncc3)CCN2C1. The molecule has 0 bridgehead atoms. The van der Waals surface area contributed by atoms with Gasteiger partial charge in [-0.25, -0.2) is 4.39 Å². The van der Waals surface area contributed by atoms with E-state index in [0.29, 0.717) is 6.04 Å². The fourth-order valence-corrected chi connectivity index (χ4v) is 4.45. The molecule has 0 saturated carbocycles. The largest absolute Gasteiger partial charge is 0.360 e. The highest BCUT2D eigenvalue weighted by Gasteiger charge is 2.30. The third kappa shape index (κ3) is 3.00. The van der Waals surface area contributed by atoms with Gasteiger partial charge in [-0.2, -0.15) is 0 Å². The van der Waals surface area contributed by atoms with Crippen molar-refractivity contribution in [3.05, 3.63) is 84.6 Å². The summed E-state index contributed by atoms with van der Waals surface area (Å²) in [5.41, 5.74) is 8.18. The smallest absolute Gasteiger partial charge is 0.123 e. The number of hydrogen-bond acceptors (Lipinski definition) is 2. The van der Waals surface area contributed by atoms with Crippen molar-refractivity contribution in [1.29, 1.82) is 0 Å². The number of aromatic nitrogens is 2. The number of rotatable bonds is 3. The van der Waals surface area contributed by atoms with Crippen molar-refractivity contribution in [3.8, 4) is 22.4 Å². The molecule has 140 valence electrons. The Kier molecular flexibility index (Phi) is 4.21. The Morgan fingerprint density at radius 1 is 1.07 bits per heavy atom. The van der Waals surface area contributed by atoms with Crippen molar-refractivity contribution in [3.63, 3.8) is 0 Å². The molecule has 0 unspecified atom stereocenters. The molecule has 0 spiro atoms. The zero-order valence-corrected chi connectivity index (χ0v) is 15.7. The zero-order chi connectivity index (χ0) is 19.1. The van der Waals surface area contributed by atoms with E-state index in [4.69, 9.17) is 0 Å². The highest BCUT2D eigenvalue weighted by molar-refractivity contribution is 5.91. The van der Waals surface area contributed by atoms with Crippen LogP contribution in [0.4, 0.5) is 4.39 Å². The summed E-state index contributed by atoms with van der Waals surface area (Å²) in [5.74, 6) is -0.225. The Hall–Kier alpha value is -2.98. The molecular formula is C24H22FN3. The first-order valence-corrected chi connectivity index (χ1v) is 9.68. The zero-order valence-electron chi connectivity index (χ0n) is 15.7. The molecule has 5 rings (SSSR count). The van der Waals surface area contributed by atoms with Gasteiger partial charge in [-0.15, -0.1) is 0 Å². The van der Waals surface area contributed by atoms with Crippen molar-refractivity contribution in [2.24, 2.45) is 0 Å². The molecule has 28 heavy (non-hydrogen) atoms. The van der Waals surface area contributed by atoms with Crippen molar-refractivity contribution in [1.82, 2.24) is 14.9 Å². The van der Waals surface area contributed by atoms with Gasteiger partial charge >= 0.3 is 0 Å². The van der Waals surface area contributed by atoms with Gasteiger partial charge in [-0.1, -0.05) is 18.2 Å². The monoisotopic (exact) mass is 371 g/mol. The minimum atomic E-state index is -0.225. The van der Waals surface area contributed by atoms with Crippen molar-refractivity contribution >= 4 is 5.57 Å². The highest BCUT2D eigenvalue weighted by atomic mass is 19.1. The highest BCUT2D eigenvalue weighted by Crippen LogP contribution is 2.41. The van der Waals surface area contributed by atoms with E-state index < -0.39 is 0 Å². The molecule has 1 saturated heterocycles. The van der Waals surface area contributed by atoms with Crippen LogP contribution in [0.15, 0.2) is 73.2 Å². The standard InChI is InChI=1S/C24H22FN3/c1-16-12-21-13-19(8-11-28(21)15-16)22-14-27-24(18-2-4-20(25)5-3-18)23(22)17-6-9-26-10-7-17/h2-7,9-10,13-14,21,27H,1,8,11-12,15H2/t21-/m0/s1. The summed E-state index contributed by atoms with van der Waals surface area (Å²) in [5, 5.41) is 0. The predicted molar refractivity (Wildman–Crippen MR) is 111 cm³/mol. The average Bonchev–Trinajstić information content (AvgIpc) is 3.31. The molecule has 2 aromatic heterocycles. The van der Waals surface area contributed by atoms with Crippen LogP contribution >= 0.6 is 0 Å². The van der Waals surface area contributed by atoms with E-state index in [1.54, 1.807) is 0 Å². The second-order valence-corrected chi connectivity index (χ2v) is 7.63. The van der Waals surface area contributed by atoms with Gasteiger partial charge in [0, 0.05) is 48.8 Å². The van der Waals surface area contributed by atoms with E-state index in [-0.39, 0.29) is 5.82 Å². The molecule has 1 atom stereocenters. The summed E-state index contributed by atoms with van der Waals surface area (Å²) in [4.78, 5) is 10.1. The quantitative estimate of drug-likeness (QED) is 0.634. The Balaban J connectivity index is 1.64. The lowest BCUT2D eigenvalue weighted by Crippen LogP contribution is -2.32. The average molecular weight is 371 g/mol. The summed E-state index contributed by atoms with van der Waals surface area (Å²) in [6, 6.07) is 11.2. The van der Waals surface area contributed by atoms with Gasteiger partial charge < -0.3 is 4.98 Å². The van der Waals surface area contributed by atoms with Gasteiger partial charge in [0.05, 0.1) is 5.69 Å². The van der Waals surface area contributed by atoms with Crippen LogP contribution in [0.25, 0.3) is 28.0 Å². The van der Waals surface area contributed by atoms with Crippen LogP contribution in [0.2, 0.25) is 0 Å². The molecule has 1 fully saturated rings. The Labute approximate surface area is 164 Å². The molecule has 3 aromatic rings. The van der Waals surface area contributed by atoms with E-state index in [1.165, 1.54) is 28.8 Å². The number of benzene rings is 1. The van der Waals surface area contributed by atoms with Gasteiger partial charge in [-0.05, 0) is 65.9 Å². The third-order valence-corrected chi connectivity index (χ3v) is 5.78. The van der Waals surface area contributed by atoms with E-state index >= 15 is 0 Å². The van der Waals surface area contributed by atoms with Crippen LogP contribution in [-0.4, -0.2) is 34.0 Å². The van der Waals surface area contributed by atoms with Crippen molar-refractivity contribution in [2.45, 2.75) is 18.9 Å². The number of nitrogens with one attached hydrogen (secondary N) is 1. The molecule has 2 aliphatic heterocycles. The van der Waals surface area contributed by atoms with Crippen LogP contribution in [0.5, 0.6) is 0 Å². The molecule has 3 nitrogen and oxygen atoms in total. The Bertz CT molecular complexity index is 1050. The van der Waals surface area contributed by atoms with Gasteiger partial charge in [0.2, 0.25) is 0 Å². The number of aromatic amines is 1. The first-order valence-electron chi connectivity index (χ1n) is 9.68. The lowest BCUT2D eigenvalue weighted by Gasteiger charge is -2.28. The van der Waals surface area contributed by atoms with Crippen LogP contribution in [0, 0.1) is 5.82 Å². The van der Waals surface area contributed by atoms with E-state index in [2.05, 4.69) is 33.7 Å². The summed E-state index contributed by atoms with van der Waals surface area (Å²) >= 11 is 0. The van der Waals surface area contributed by atoms with Crippen molar-refractivity contribution in [2.75, 3.05) is 13.1 Å². The molecule has 2 aliphatic rings. The second kappa shape index (κ2) is 6.88.